The molecule has 31 heavy (non-hydrogen) atoms. The number of carbonyl (C=O) groups excluding carboxylic acids is 1. The fourth-order valence-corrected chi connectivity index (χ4v) is 5.60. The lowest BCUT2D eigenvalue weighted by Crippen LogP contribution is -2.28. The summed E-state index contributed by atoms with van der Waals surface area (Å²) in [5, 5.41) is 5.55. The zero-order chi connectivity index (χ0) is 22.0. The molecule has 0 atom stereocenters. The minimum Gasteiger partial charge on any atom is -0.291 e. The quantitative estimate of drug-likeness (QED) is 0.221. The molecule has 0 N–H and O–H groups in total. The van der Waals surface area contributed by atoms with Crippen LogP contribution in [0.2, 0.25) is 0 Å². The van der Waals surface area contributed by atoms with Gasteiger partial charge < -0.3 is 0 Å². The van der Waals surface area contributed by atoms with Gasteiger partial charge in [0.2, 0.25) is 5.91 Å². The van der Waals surface area contributed by atoms with Crippen molar-refractivity contribution in [2.45, 2.75) is 18.6 Å². The van der Waals surface area contributed by atoms with Crippen LogP contribution >= 0.6 is 34.4 Å². The second kappa shape index (κ2) is 9.17. The number of thiophene rings is 1. The lowest BCUT2D eigenvalue weighted by Gasteiger charge is -2.14. The van der Waals surface area contributed by atoms with Crippen molar-refractivity contribution in [3.05, 3.63) is 69.8 Å². The maximum Gasteiger partial charge on any atom is 0.263 e. The van der Waals surface area contributed by atoms with Crippen molar-refractivity contribution >= 4 is 55.7 Å². The first-order valence-corrected chi connectivity index (χ1v) is 12.2. The topological polar surface area (TPSA) is 68.1 Å². The number of amides is 1. The Bertz CT molecular complexity index is 1290. The summed E-state index contributed by atoms with van der Waals surface area (Å²) in [5.74, 6) is 0.0486. The van der Waals surface area contributed by atoms with Crippen LogP contribution in [0.5, 0.6) is 0 Å². The van der Waals surface area contributed by atoms with Crippen LogP contribution in [0, 0.1) is 6.92 Å². The van der Waals surface area contributed by atoms with Gasteiger partial charge in [0.05, 0.1) is 11.1 Å². The number of aromatic nitrogens is 3. The van der Waals surface area contributed by atoms with Crippen LogP contribution in [0.25, 0.3) is 21.3 Å². The molecule has 0 aliphatic heterocycles. The number of carbonyl (C=O) groups is 1. The average Bonchev–Trinajstić information content (AvgIpc) is 3.45. The van der Waals surface area contributed by atoms with E-state index in [2.05, 4.69) is 11.6 Å². The molecule has 3 heterocycles. The van der Waals surface area contributed by atoms with Crippen LogP contribution in [0.4, 0.5) is 5.13 Å². The van der Waals surface area contributed by atoms with Crippen LogP contribution in [0.15, 0.2) is 63.8 Å². The fraction of sp³-hybridized carbons (Fsp3) is 0.182. The summed E-state index contributed by atoms with van der Waals surface area (Å²) >= 11 is 4.09. The third kappa shape index (κ3) is 4.34. The van der Waals surface area contributed by atoms with Gasteiger partial charge in [0, 0.05) is 36.1 Å². The number of anilines is 1. The molecule has 6 nitrogen and oxygen atoms in total. The first-order valence-electron chi connectivity index (χ1n) is 9.48. The van der Waals surface area contributed by atoms with E-state index >= 15 is 0 Å². The number of hydrogen-bond acceptors (Lipinski definition) is 7. The Labute approximate surface area is 191 Å². The largest absolute Gasteiger partial charge is 0.291 e. The predicted octanol–water partition coefficient (Wildman–Crippen LogP) is 4.83. The van der Waals surface area contributed by atoms with Crippen molar-refractivity contribution in [2.75, 3.05) is 17.7 Å². The van der Waals surface area contributed by atoms with Crippen molar-refractivity contribution in [3.8, 4) is 11.1 Å². The lowest BCUT2D eigenvalue weighted by molar-refractivity contribution is -0.115. The third-order valence-electron chi connectivity index (χ3n) is 4.74. The summed E-state index contributed by atoms with van der Waals surface area (Å²) in [4.78, 5) is 37.1. The van der Waals surface area contributed by atoms with Gasteiger partial charge in [-0.15, -0.1) is 29.3 Å². The Morgan fingerprint density at radius 1 is 1.29 bits per heavy atom. The number of aryl methyl sites for hydroxylation is 1. The van der Waals surface area contributed by atoms with Crippen molar-refractivity contribution in [2.24, 2.45) is 0 Å². The molecule has 1 aromatic carbocycles. The van der Waals surface area contributed by atoms with E-state index in [1.807, 2.05) is 41.9 Å². The molecule has 0 unspecified atom stereocenters. The number of rotatable bonds is 7. The minimum atomic E-state index is -0.120. The second-order valence-corrected chi connectivity index (χ2v) is 9.52. The van der Waals surface area contributed by atoms with Gasteiger partial charge in [-0.05, 0) is 12.5 Å². The van der Waals surface area contributed by atoms with E-state index in [4.69, 9.17) is 4.98 Å². The van der Waals surface area contributed by atoms with E-state index in [9.17, 15) is 9.59 Å². The van der Waals surface area contributed by atoms with E-state index in [1.54, 1.807) is 23.9 Å². The molecule has 0 bridgehead atoms. The maximum absolute atomic E-state index is 13.4. The summed E-state index contributed by atoms with van der Waals surface area (Å²) in [6, 6.07) is 8.10. The molecule has 0 saturated carbocycles. The number of nitrogens with zero attached hydrogens (tertiary/aromatic N) is 4. The van der Waals surface area contributed by atoms with Gasteiger partial charge >= 0.3 is 0 Å². The van der Waals surface area contributed by atoms with Crippen LogP contribution in [-0.4, -0.2) is 33.2 Å². The van der Waals surface area contributed by atoms with Crippen molar-refractivity contribution in [3.63, 3.8) is 0 Å². The lowest BCUT2D eigenvalue weighted by atomic mass is 10.1. The maximum atomic E-state index is 13.4. The molecule has 4 aromatic rings. The second-order valence-electron chi connectivity index (χ2n) is 6.85. The van der Waals surface area contributed by atoms with Crippen molar-refractivity contribution in [1.82, 2.24) is 14.5 Å². The van der Waals surface area contributed by atoms with E-state index in [-0.39, 0.29) is 17.2 Å². The molecule has 158 valence electrons. The predicted molar refractivity (Wildman–Crippen MR) is 130 cm³/mol. The van der Waals surface area contributed by atoms with Gasteiger partial charge in [-0.25, -0.2) is 9.97 Å². The molecule has 0 radical (unpaired) electrons. The highest BCUT2D eigenvalue weighted by molar-refractivity contribution is 7.99. The number of fused-ring (bicyclic) bond motifs is 1. The highest BCUT2D eigenvalue weighted by Gasteiger charge is 2.19. The normalized spacial score (nSPS) is 11.0. The third-order valence-corrected chi connectivity index (χ3v) is 7.42. The van der Waals surface area contributed by atoms with Crippen molar-refractivity contribution in [1.29, 1.82) is 0 Å². The average molecular weight is 469 g/mol. The first kappa shape index (κ1) is 21.5. The summed E-state index contributed by atoms with van der Waals surface area (Å²) in [7, 11) is 1.70. The van der Waals surface area contributed by atoms with E-state index in [0.29, 0.717) is 27.0 Å². The SMILES string of the molecule is C=CCn1c(SCC(=O)N(C)c2nccs2)nc2scc(-c3ccc(C)cc3)c2c1=O. The number of thioether (sulfide) groups is 1. The smallest absolute Gasteiger partial charge is 0.263 e. The van der Waals surface area contributed by atoms with Gasteiger partial charge in [0.15, 0.2) is 10.3 Å². The molecule has 0 spiro atoms. The molecule has 0 saturated heterocycles. The number of hydrogen-bond donors (Lipinski definition) is 0. The van der Waals surface area contributed by atoms with Gasteiger partial charge in [-0.3, -0.25) is 19.1 Å². The van der Waals surface area contributed by atoms with Crippen molar-refractivity contribution < 1.29 is 4.79 Å². The first-order chi connectivity index (χ1) is 15.0. The minimum absolute atomic E-state index is 0.106. The summed E-state index contributed by atoms with van der Waals surface area (Å²) in [6.45, 7) is 6.13. The van der Waals surface area contributed by atoms with Gasteiger partial charge in [-0.2, -0.15) is 0 Å². The molecule has 1 amide bonds. The molecule has 0 aliphatic carbocycles. The van der Waals surface area contributed by atoms with Crippen LogP contribution in [0.3, 0.4) is 0 Å². The molecule has 9 heteroatoms. The number of benzene rings is 1. The van der Waals surface area contributed by atoms with E-state index in [0.717, 1.165) is 16.7 Å². The molecule has 3 aromatic heterocycles. The highest BCUT2D eigenvalue weighted by atomic mass is 32.2. The highest BCUT2D eigenvalue weighted by Crippen LogP contribution is 2.32. The Morgan fingerprint density at radius 3 is 2.74 bits per heavy atom. The Morgan fingerprint density at radius 2 is 2.06 bits per heavy atom. The number of allylic oxidation sites excluding steroid dienone is 1. The van der Waals surface area contributed by atoms with E-state index in [1.165, 1.54) is 39.3 Å². The summed E-state index contributed by atoms with van der Waals surface area (Å²) < 4.78 is 1.58. The monoisotopic (exact) mass is 468 g/mol. The van der Waals surface area contributed by atoms with Gasteiger partial charge in [-0.1, -0.05) is 47.7 Å². The fourth-order valence-electron chi connectivity index (χ4n) is 3.06. The molecule has 0 aliphatic rings. The molecule has 0 fully saturated rings. The van der Waals surface area contributed by atoms with Gasteiger partial charge in [0.1, 0.15) is 4.83 Å². The van der Waals surface area contributed by atoms with Gasteiger partial charge in [0.25, 0.3) is 5.56 Å². The van der Waals surface area contributed by atoms with Crippen LogP contribution in [0.1, 0.15) is 5.56 Å². The number of thiazole rings is 1. The Balaban J connectivity index is 1.68. The summed E-state index contributed by atoms with van der Waals surface area (Å²) in [6.07, 6.45) is 3.33. The van der Waals surface area contributed by atoms with Crippen LogP contribution < -0.4 is 10.5 Å². The Hall–Kier alpha value is -2.75. The zero-order valence-electron chi connectivity index (χ0n) is 17.1. The zero-order valence-corrected chi connectivity index (χ0v) is 19.5. The molecular formula is C22H20N4O2S3. The molecule has 4 rings (SSSR count). The van der Waals surface area contributed by atoms with E-state index < -0.39 is 0 Å². The van der Waals surface area contributed by atoms with Crippen LogP contribution in [-0.2, 0) is 11.3 Å². The standard InChI is InChI=1S/C22H20N4O2S3/c1-4-10-26-20(28)18-16(15-7-5-14(2)6-8-15)12-30-19(18)24-22(26)31-13-17(27)25(3)21-23-9-11-29-21/h4-9,11-12H,1,10,13H2,2-3H3. The summed E-state index contributed by atoms with van der Waals surface area (Å²) in [5.41, 5.74) is 2.91. The Kier molecular flexibility index (Phi) is 6.35. The molecular weight excluding hydrogens is 448 g/mol.